The molecule has 0 aromatic heterocycles. The van der Waals surface area contributed by atoms with Crippen LogP contribution in [-0.2, 0) is 4.74 Å². The van der Waals surface area contributed by atoms with E-state index in [4.69, 9.17) is 4.74 Å². The van der Waals surface area contributed by atoms with Crippen LogP contribution in [0.2, 0.25) is 0 Å². The molecule has 29 heavy (non-hydrogen) atoms. The third-order valence-electron chi connectivity index (χ3n) is 6.21. The van der Waals surface area contributed by atoms with Gasteiger partial charge in [0.25, 0.3) is 5.91 Å². The first-order valence-electron chi connectivity index (χ1n) is 10.3. The van der Waals surface area contributed by atoms with Crippen LogP contribution in [0.3, 0.4) is 0 Å². The Morgan fingerprint density at radius 2 is 1.69 bits per heavy atom. The summed E-state index contributed by atoms with van der Waals surface area (Å²) in [6.45, 7) is 9.66. The fraction of sp³-hybridized carbons (Fsp3) is 0.619. The van der Waals surface area contributed by atoms with Gasteiger partial charge in [-0.1, -0.05) is 12.1 Å². The van der Waals surface area contributed by atoms with Gasteiger partial charge in [-0.15, -0.1) is 0 Å². The molecule has 0 unspecified atom stereocenters. The first kappa shape index (κ1) is 20.1. The maximum atomic E-state index is 14.2. The lowest BCUT2D eigenvalue weighted by Gasteiger charge is -2.55. The molecule has 0 spiro atoms. The van der Waals surface area contributed by atoms with Crippen molar-refractivity contribution in [2.75, 3.05) is 59.0 Å². The predicted molar refractivity (Wildman–Crippen MR) is 106 cm³/mol. The summed E-state index contributed by atoms with van der Waals surface area (Å²) in [5, 5.41) is 0. The van der Waals surface area contributed by atoms with Crippen molar-refractivity contribution in [2.45, 2.75) is 25.4 Å². The molecular formula is C21H29FN4O3. The SMILES string of the molecule is CC1(C)CN(C(=O)c2ccccc2F)C[C@@H]2CN(C(=O)N3CCOCC3)CCN21. The second-order valence-corrected chi connectivity index (χ2v) is 8.65. The minimum absolute atomic E-state index is 0.0354. The van der Waals surface area contributed by atoms with E-state index in [0.29, 0.717) is 52.5 Å². The van der Waals surface area contributed by atoms with Crippen LogP contribution in [0.5, 0.6) is 0 Å². The van der Waals surface area contributed by atoms with Crippen LogP contribution in [0.25, 0.3) is 0 Å². The van der Waals surface area contributed by atoms with Gasteiger partial charge in [0.05, 0.1) is 18.8 Å². The Balaban J connectivity index is 1.49. The number of rotatable bonds is 1. The van der Waals surface area contributed by atoms with Crippen molar-refractivity contribution in [3.8, 4) is 0 Å². The van der Waals surface area contributed by atoms with E-state index in [1.54, 1.807) is 17.0 Å². The van der Waals surface area contributed by atoms with Crippen molar-refractivity contribution >= 4 is 11.9 Å². The Kier molecular flexibility index (Phi) is 5.48. The number of carbonyl (C=O) groups is 2. The van der Waals surface area contributed by atoms with Gasteiger partial charge in [0.1, 0.15) is 5.82 Å². The summed E-state index contributed by atoms with van der Waals surface area (Å²) in [6.07, 6.45) is 0. The monoisotopic (exact) mass is 404 g/mol. The molecular weight excluding hydrogens is 375 g/mol. The zero-order chi connectivity index (χ0) is 20.6. The molecule has 3 aliphatic heterocycles. The van der Waals surface area contributed by atoms with E-state index in [1.165, 1.54) is 12.1 Å². The van der Waals surface area contributed by atoms with E-state index in [1.807, 2.05) is 9.80 Å². The lowest BCUT2D eigenvalue weighted by molar-refractivity contribution is -0.0524. The number of hydrogen-bond donors (Lipinski definition) is 0. The molecule has 8 heteroatoms. The molecule has 0 N–H and O–H groups in total. The van der Waals surface area contributed by atoms with Gasteiger partial charge in [-0.3, -0.25) is 9.69 Å². The topological polar surface area (TPSA) is 56.3 Å². The fourth-order valence-electron chi connectivity index (χ4n) is 4.77. The summed E-state index contributed by atoms with van der Waals surface area (Å²) in [5.74, 6) is -0.780. The van der Waals surface area contributed by atoms with E-state index < -0.39 is 5.82 Å². The average molecular weight is 404 g/mol. The molecule has 0 radical (unpaired) electrons. The molecule has 3 fully saturated rings. The second-order valence-electron chi connectivity index (χ2n) is 8.65. The molecule has 1 atom stereocenters. The van der Waals surface area contributed by atoms with E-state index in [-0.39, 0.29) is 29.1 Å². The van der Waals surface area contributed by atoms with E-state index in [0.717, 1.165) is 6.54 Å². The number of ether oxygens (including phenoxy) is 1. The number of morpholine rings is 1. The molecule has 1 aromatic carbocycles. The minimum Gasteiger partial charge on any atom is -0.378 e. The maximum absolute atomic E-state index is 14.2. The fourth-order valence-corrected chi connectivity index (χ4v) is 4.77. The Bertz CT molecular complexity index is 781. The van der Waals surface area contributed by atoms with Crippen molar-refractivity contribution in [1.29, 1.82) is 0 Å². The Morgan fingerprint density at radius 3 is 2.41 bits per heavy atom. The Morgan fingerprint density at radius 1 is 1.00 bits per heavy atom. The maximum Gasteiger partial charge on any atom is 0.320 e. The number of nitrogens with zero attached hydrogens (tertiary/aromatic N) is 4. The van der Waals surface area contributed by atoms with Crippen molar-refractivity contribution in [2.24, 2.45) is 0 Å². The summed E-state index contributed by atoms with van der Waals surface area (Å²) in [7, 11) is 0. The lowest BCUT2D eigenvalue weighted by atomic mass is 9.92. The van der Waals surface area contributed by atoms with Gasteiger partial charge in [-0.05, 0) is 26.0 Å². The Hall–Kier alpha value is -2.19. The third-order valence-corrected chi connectivity index (χ3v) is 6.21. The number of halogens is 1. The number of piperazine rings is 2. The van der Waals surface area contributed by atoms with Gasteiger partial charge >= 0.3 is 6.03 Å². The normalized spacial score (nSPS) is 24.9. The van der Waals surface area contributed by atoms with Crippen molar-refractivity contribution in [3.05, 3.63) is 35.6 Å². The number of fused-ring (bicyclic) bond motifs is 1. The van der Waals surface area contributed by atoms with Crippen LogP contribution in [0.4, 0.5) is 9.18 Å². The predicted octanol–water partition coefficient (Wildman–Crippen LogP) is 1.50. The van der Waals surface area contributed by atoms with Gasteiger partial charge < -0.3 is 19.4 Å². The summed E-state index contributed by atoms with van der Waals surface area (Å²) in [5.41, 5.74) is -0.133. The Labute approximate surface area is 171 Å². The van der Waals surface area contributed by atoms with Crippen LogP contribution in [0.1, 0.15) is 24.2 Å². The number of urea groups is 1. The molecule has 3 saturated heterocycles. The smallest absolute Gasteiger partial charge is 0.320 e. The van der Waals surface area contributed by atoms with Crippen LogP contribution in [0.15, 0.2) is 24.3 Å². The van der Waals surface area contributed by atoms with Gasteiger partial charge in [0, 0.05) is 57.4 Å². The highest BCUT2D eigenvalue weighted by molar-refractivity contribution is 5.94. The first-order chi connectivity index (χ1) is 13.9. The highest BCUT2D eigenvalue weighted by atomic mass is 19.1. The van der Waals surface area contributed by atoms with Crippen molar-refractivity contribution < 1.29 is 18.7 Å². The molecule has 3 heterocycles. The molecule has 158 valence electrons. The number of hydrogen-bond acceptors (Lipinski definition) is 4. The summed E-state index contributed by atoms with van der Waals surface area (Å²) in [4.78, 5) is 33.8. The van der Waals surface area contributed by atoms with Gasteiger partial charge in [-0.2, -0.15) is 0 Å². The van der Waals surface area contributed by atoms with Gasteiger partial charge in [-0.25, -0.2) is 9.18 Å². The summed E-state index contributed by atoms with van der Waals surface area (Å²) in [6, 6.07) is 6.20. The van der Waals surface area contributed by atoms with Crippen LogP contribution >= 0.6 is 0 Å². The molecule has 7 nitrogen and oxygen atoms in total. The highest BCUT2D eigenvalue weighted by Gasteiger charge is 2.45. The molecule has 0 aliphatic carbocycles. The number of amides is 3. The summed E-state index contributed by atoms with van der Waals surface area (Å²) >= 11 is 0. The molecule has 3 amide bonds. The summed E-state index contributed by atoms with van der Waals surface area (Å²) < 4.78 is 19.5. The van der Waals surface area contributed by atoms with Crippen molar-refractivity contribution in [1.82, 2.24) is 19.6 Å². The average Bonchev–Trinajstić information content (AvgIpc) is 2.72. The number of carbonyl (C=O) groups excluding carboxylic acids is 2. The second kappa shape index (κ2) is 7.91. The lowest BCUT2D eigenvalue weighted by Crippen LogP contribution is -2.71. The van der Waals surface area contributed by atoms with E-state index >= 15 is 0 Å². The van der Waals surface area contributed by atoms with Crippen LogP contribution in [-0.4, -0.2) is 102 Å². The van der Waals surface area contributed by atoms with Crippen LogP contribution < -0.4 is 0 Å². The van der Waals surface area contributed by atoms with Crippen molar-refractivity contribution in [3.63, 3.8) is 0 Å². The van der Waals surface area contributed by atoms with Gasteiger partial charge in [0.2, 0.25) is 0 Å². The molecule has 0 bridgehead atoms. The minimum atomic E-state index is -0.495. The highest BCUT2D eigenvalue weighted by Crippen LogP contribution is 2.29. The first-order valence-corrected chi connectivity index (χ1v) is 10.3. The zero-order valence-electron chi connectivity index (χ0n) is 17.1. The quantitative estimate of drug-likeness (QED) is 0.712. The zero-order valence-corrected chi connectivity index (χ0v) is 17.1. The van der Waals surface area contributed by atoms with E-state index in [2.05, 4.69) is 18.7 Å². The molecule has 0 saturated carbocycles. The molecule has 1 aromatic rings. The molecule has 3 aliphatic rings. The standard InChI is InChI=1S/C21H29FN4O3/c1-21(2)15-25(19(27)17-5-3-4-6-18(17)22)14-16-13-24(7-8-26(16)21)20(28)23-9-11-29-12-10-23/h3-6,16H,7-15H2,1-2H3/t16-/m0/s1. The molecule has 4 rings (SSSR count). The third kappa shape index (κ3) is 3.96. The number of benzene rings is 1. The van der Waals surface area contributed by atoms with Crippen LogP contribution in [0, 0.1) is 5.82 Å². The van der Waals surface area contributed by atoms with Gasteiger partial charge in [0.15, 0.2) is 0 Å². The largest absolute Gasteiger partial charge is 0.378 e. The van der Waals surface area contributed by atoms with E-state index in [9.17, 15) is 14.0 Å².